The summed E-state index contributed by atoms with van der Waals surface area (Å²) < 4.78 is 41.3. The first-order chi connectivity index (χ1) is 13.1. The highest BCUT2D eigenvalue weighted by atomic mass is 31.1. The van der Waals surface area contributed by atoms with Crippen LogP contribution in [0.5, 0.6) is 0 Å². The second-order valence-electron chi connectivity index (χ2n) is 5.80. The summed E-state index contributed by atoms with van der Waals surface area (Å²) in [6.07, 6.45) is -1.02. The topological polar surface area (TPSA) is 149 Å². The third-order valence-electron chi connectivity index (χ3n) is 3.35. The van der Waals surface area contributed by atoms with Gasteiger partial charge in [0, 0.05) is 12.3 Å². The fourth-order valence-corrected chi connectivity index (χ4v) is 2.58. The Kier molecular flexibility index (Phi) is 10.1. The molecule has 0 aliphatic carbocycles. The molecular weight excluding hydrogens is 400 g/mol. The molecule has 0 amide bonds. The Morgan fingerprint density at radius 3 is 2.68 bits per heavy atom. The SMILES string of the molecule is CCCOC(=O)[C@H](C)N[P+](=O)OC[C@@H](O[C@H](F)n1ccc(=O)[nH]c1=O)[C@H](C)O. The quantitative estimate of drug-likeness (QED) is 0.319. The van der Waals surface area contributed by atoms with Crippen LogP contribution in [0, 0.1) is 0 Å². The summed E-state index contributed by atoms with van der Waals surface area (Å²) in [7, 11) is -2.54. The predicted octanol–water partition coefficient (Wildman–Crippen LogP) is 0.333. The zero-order chi connectivity index (χ0) is 21.3. The van der Waals surface area contributed by atoms with Crippen LogP contribution in [0.3, 0.4) is 0 Å². The van der Waals surface area contributed by atoms with Gasteiger partial charge < -0.3 is 14.6 Å². The van der Waals surface area contributed by atoms with Crippen molar-refractivity contribution in [2.24, 2.45) is 0 Å². The Morgan fingerprint density at radius 1 is 1.43 bits per heavy atom. The van der Waals surface area contributed by atoms with Crippen LogP contribution in [0.4, 0.5) is 4.39 Å². The van der Waals surface area contributed by atoms with Crippen LogP contribution in [-0.2, 0) is 23.4 Å². The zero-order valence-electron chi connectivity index (χ0n) is 15.7. The van der Waals surface area contributed by atoms with Gasteiger partial charge >= 0.3 is 19.8 Å². The number of aromatic nitrogens is 2. The van der Waals surface area contributed by atoms with Crippen LogP contribution in [0.2, 0.25) is 0 Å². The summed E-state index contributed by atoms with van der Waals surface area (Å²) in [4.78, 5) is 36.0. The highest BCUT2D eigenvalue weighted by Gasteiger charge is 2.31. The number of halogens is 1. The van der Waals surface area contributed by atoms with Crippen molar-refractivity contribution in [2.75, 3.05) is 13.2 Å². The summed E-state index contributed by atoms with van der Waals surface area (Å²) in [5, 5.41) is 12.1. The minimum Gasteiger partial charge on any atom is -0.464 e. The minimum atomic E-state index is -2.54. The molecule has 1 unspecified atom stereocenters. The maximum absolute atomic E-state index is 14.2. The number of nitrogens with one attached hydrogen (secondary N) is 2. The number of nitrogens with zero attached hydrogens (tertiary/aromatic N) is 1. The van der Waals surface area contributed by atoms with Crippen LogP contribution in [-0.4, -0.2) is 52.1 Å². The van der Waals surface area contributed by atoms with Gasteiger partial charge in [0.2, 0.25) is 0 Å². The van der Waals surface area contributed by atoms with Crippen LogP contribution in [0.15, 0.2) is 21.9 Å². The Morgan fingerprint density at radius 2 is 2.11 bits per heavy atom. The van der Waals surface area contributed by atoms with Gasteiger partial charge in [0.1, 0.15) is 18.8 Å². The first kappa shape index (κ1) is 24.1. The van der Waals surface area contributed by atoms with Crippen molar-refractivity contribution < 1.29 is 32.9 Å². The highest BCUT2D eigenvalue weighted by Crippen LogP contribution is 2.21. The van der Waals surface area contributed by atoms with Gasteiger partial charge in [-0.05, 0) is 24.8 Å². The number of hydrogen-bond acceptors (Lipinski definition) is 8. The van der Waals surface area contributed by atoms with Crippen molar-refractivity contribution in [1.29, 1.82) is 0 Å². The number of esters is 1. The van der Waals surface area contributed by atoms with Gasteiger partial charge in [-0.25, -0.2) is 9.36 Å². The second-order valence-corrected chi connectivity index (χ2v) is 6.83. The zero-order valence-corrected chi connectivity index (χ0v) is 16.6. The number of alkyl halides is 1. The number of H-pyrrole nitrogens is 1. The average molecular weight is 424 g/mol. The third-order valence-corrected chi connectivity index (χ3v) is 4.33. The molecule has 1 rings (SSSR count). The molecule has 0 saturated carbocycles. The van der Waals surface area contributed by atoms with E-state index in [1.54, 1.807) is 0 Å². The van der Waals surface area contributed by atoms with E-state index in [2.05, 4.69) is 5.09 Å². The van der Waals surface area contributed by atoms with E-state index in [4.69, 9.17) is 14.0 Å². The van der Waals surface area contributed by atoms with Gasteiger partial charge in [-0.3, -0.25) is 14.6 Å². The summed E-state index contributed by atoms with van der Waals surface area (Å²) in [6, 6.07) is 0.0140. The predicted molar refractivity (Wildman–Crippen MR) is 95.4 cm³/mol. The monoisotopic (exact) mass is 424 g/mol. The van der Waals surface area contributed by atoms with Crippen LogP contribution >= 0.6 is 8.18 Å². The van der Waals surface area contributed by atoms with Crippen molar-refractivity contribution in [2.45, 2.75) is 51.9 Å². The van der Waals surface area contributed by atoms with Gasteiger partial charge in [0.05, 0.1) is 12.7 Å². The maximum atomic E-state index is 14.2. The van der Waals surface area contributed by atoms with Gasteiger partial charge in [0.15, 0.2) is 0 Å². The standard InChI is InChI=1S/C15H23FN3O8P/c1-4-7-25-13(22)9(2)18-28(24)26-8-11(10(3)20)27-14(16)19-6-5-12(21)17-15(19)23/h5-6,9-11,14,20H,4,7-8H2,1-3H3,(H-,17,18,21,23,24)/p+1/t9-,10-,11+,14+/m0/s1. The minimum absolute atomic E-state index is 0.225. The van der Waals surface area contributed by atoms with E-state index in [1.807, 2.05) is 11.9 Å². The van der Waals surface area contributed by atoms with Crippen LogP contribution in [0.25, 0.3) is 0 Å². The molecule has 1 aromatic rings. The van der Waals surface area contributed by atoms with E-state index in [-0.39, 0.29) is 6.61 Å². The maximum Gasteiger partial charge on any atom is 0.613 e. The molecule has 0 radical (unpaired) electrons. The average Bonchev–Trinajstić information content (AvgIpc) is 2.62. The molecule has 0 aromatic carbocycles. The van der Waals surface area contributed by atoms with Crippen molar-refractivity contribution >= 4 is 14.1 Å². The smallest absolute Gasteiger partial charge is 0.464 e. The molecule has 0 aliphatic heterocycles. The molecular formula is C15H24FN3O8P+. The van der Waals surface area contributed by atoms with Gasteiger partial charge in [-0.15, -0.1) is 4.52 Å². The summed E-state index contributed by atoms with van der Waals surface area (Å²) in [5.74, 6) is -0.613. The van der Waals surface area contributed by atoms with Crippen LogP contribution in [0.1, 0.15) is 33.7 Å². The van der Waals surface area contributed by atoms with Crippen molar-refractivity contribution in [3.05, 3.63) is 33.1 Å². The molecule has 5 atom stereocenters. The Bertz CT molecular complexity index is 768. The Hall–Kier alpha value is -1.98. The lowest BCUT2D eigenvalue weighted by molar-refractivity contribution is -0.172. The van der Waals surface area contributed by atoms with E-state index in [9.17, 15) is 28.4 Å². The molecule has 0 saturated heterocycles. The molecule has 0 fully saturated rings. The number of aliphatic hydroxyl groups is 1. The fraction of sp³-hybridized carbons (Fsp3) is 0.667. The molecule has 0 bridgehead atoms. The molecule has 11 nitrogen and oxygen atoms in total. The lowest BCUT2D eigenvalue weighted by Gasteiger charge is -2.21. The number of aliphatic hydroxyl groups excluding tert-OH is 1. The molecule has 1 aromatic heterocycles. The van der Waals surface area contributed by atoms with Gasteiger partial charge in [-0.1, -0.05) is 12.0 Å². The number of ether oxygens (including phenoxy) is 2. The molecule has 1 heterocycles. The fourth-order valence-electron chi connectivity index (χ4n) is 1.81. The van der Waals surface area contributed by atoms with Gasteiger partial charge in [-0.2, -0.15) is 4.39 Å². The Labute approximate surface area is 160 Å². The number of carbonyl (C=O) groups excluding carboxylic acids is 1. The van der Waals surface area contributed by atoms with E-state index in [0.717, 1.165) is 12.3 Å². The normalized spacial score (nSPS) is 16.1. The Balaban J connectivity index is 2.60. The molecule has 3 N–H and O–H groups in total. The molecule has 13 heteroatoms. The molecule has 28 heavy (non-hydrogen) atoms. The van der Waals surface area contributed by atoms with E-state index in [1.165, 1.54) is 13.8 Å². The van der Waals surface area contributed by atoms with Crippen LogP contribution < -0.4 is 16.3 Å². The molecule has 0 spiro atoms. The number of hydrogen-bond donors (Lipinski definition) is 3. The first-order valence-electron chi connectivity index (χ1n) is 8.47. The molecule has 158 valence electrons. The lowest BCUT2D eigenvalue weighted by atomic mass is 10.2. The lowest BCUT2D eigenvalue weighted by Crippen LogP contribution is -2.37. The second kappa shape index (κ2) is 11.8. The number of carbonyl (C=O) groups is 1. The summed E-state index contributed by atoms with van der Waals surface area (Å²) >= 11 is 0. The van der Waals surface area contributed by atoms with Crippen molar-refractivity contribution in [3.63, 3.8) is 0 Å². The van der Waals surface area contributed by atoms with E-state index < -0.39 is 56.7 Å². The van der Waals surface area contributed by atoms with Gasteiger partial charge in [0.25, 0.3) is 12.0 Å². The summed E-state index contributed by atoms with van der Waals surface area (Å²) in [5.41, 5.74) is -1.75. The molecule has 0 aliphatic rings. The highest BCUT2D eigenvalue weighted by molar-refractivity contribution is 7.36. The third kappa shape index (κ3) is 7.95. The van der Waals surface area contributed by atoms with E-state index >= 15 is 0 Å². The van der Waals surface area contributed by atoms with Crippen molar-refractivity contribution in [3.8, 4) is 0 Å². The first-order valence-corrected chi connectivity index (χ1v) is 9.65. The summed E-state index contributed by atoms with van der Waals surface area (Å²) in [6.45, 7) is 1.92. The van der Waals surface area contributed by atoms with E-state index in [0.29, 0.717) is 11.0 Å². The largest absolute Gasteiger partial charge is 0.613 e. The number of aromatic amines is 1. The number of rotatable bonds is 12. The van der Waals surface area contributed by atoms with Crippen molar-refractivity contribution in [1.82, 2.24) is 14.6 Å².